The van der Waals surface area contributed by atoms with Crippen molar-refractivity contribution in [2.45, 2.75) is 6.92 Å². The number of rotatable bonds is 2. The summed E-state index contributed by atoms with van der Waals surface area (Å²) < 4.78 is 0. The van der Waals surface area contributed by atoms with Crippen molar-refractivity contribution in [3.05, 3.63) is 42.1 Å². The molecule has 2 rings (SSSR count). The van der Waals surface area contributed by atoms with Gasteiger partial charge in [0.05, 0.1) is 11.9 Å². The quantitative estimate of drug-likeness (QED) is 0.819. The van der Waals surface area contributed by atoms with Gasteiger partial charge in [0.25, 0.3) is 0 Å². The van der Waals surface area contributed by atoms with Gasteiger partial charge in [-0.25, -0.2) is 9.97 Å². The van der Waals surface area contributed by atoms with E-state index in [1.54, 1.807) is 12.4 Å². The molecule has 16 heavy (non-hydrogen) atoms. The summed E-state index contributed by atoms with van der Waals surface area (Å²) in [5.74, 6) is 0.445. The Bertz CT molecular complexity index is 544. The molecule has 0 bridgehead atoms. The van der Waals surface area contributed by atoms with Gasteiger partial charge < -0.3 is 5.32 Å². The highest BCUT2D eigenvalue weighted by Crippen LogP contribution is 2.18. The van der Waals surface area contributed by atoms with Crippen molar-refractivity contribution < 1.29 is 0 Å². The van der Waals surface area contributed by atoms with E-state index in [4.69, 9.17) is 5.26 Å². The molecule has 0 aliphatic heterocycles. The van der Waals surface area contributed by atoms with Crippen LogP contribution in [0.15, 0.2) is 30.9 Å². The van der Waals surface area contributed by atoms with E-state index in [0.717, 1.165) is 11.3 Å². The maximum absolute atomic E-state index is 8.86. The van der Waals surface area contributed by atoms with Crippen molar-refractivity contribution >= 4 is 11.5 Å². The average Bonchev–Trinajstić information content (AvgIpc) is 2.33. The predicted molar refractivity (Wildman–Crippen MR) is 59.0 cm³/mol. The molecular formula is C11H9N5. The SMILES string of the molecule is Cc1ccncc1Nc1nccnc1C#N. The molecule has 0 atom stereocenters. The molecule has 0 fully saturated rings. The van der Waals surface area contributed by atoms with E-state index in [9.17, 15) is 0 Å². The molecule has 0 unspecified atom stereocenters. The Labute approximate surface area is 92.8 Å². The number of nitrogens with zero attached hydrogens (tertiary/aromatic N) is 4. The van der Waals surface area contributed by atoms with Crippen LogP contribution in [-0.2, 0) is 0 Å². The van der Waals surface area contributed by atoms with Gasteiger partial charge in [-0.2, -0.15) is 5.26 Å². The van der Waals surface area contributed by atoms with Crippen LogP contribution in [-0.4, -0.2) is 15.0 Å². The van der Waals surface area contributed by atoms with Crippen molar-refractivity contribution in [3.8, 4) is 6.07 Å². The Morgan fingerprint density at radius 1 is 1.25 bits per heavy atom. The highest BCUT2D eigenvalue weighted by Gasteiger charge is 2.05. The third kappa shape index (κ3) is 1.96. The molecule has 0 spiro atoms. The number of aromatic nitrogens is 3. The summed E-state index contributed by atoms with van der Waals surface area (Å²) >= 11 is 0. The van der Waals surface area contributed by atoms with Crippen LogP contribution >= 0.6 is 0 Å². The molecule has 0 saturated carbocycles. The second kappa shape index (κ2) is 4.36. The van der Waals surface area contributed by atoms with Gasteiger partial charge in [0.2, 0.25) is 0 Å². The van der Waals surface area contributed by atoms with Crippen molar-refractivity contribution in [2.24, 2.45) is 0 Å². The summed E-state index contributed by atoms with van der Waals surface area (Å²) in [6, 6.07) is 3.86. The van der Waals surface area contributed by atoms with E-state index >= 15 is 0 Å². The van der Waals surface area contributed by atoms with E-state index in [2.05, 4.69) is 20.3 Å². The van der Waals surface area contributed by atoms with Gasteiger partial charge in [-0.15, -0.1) is 0 Å². The summed E-state index contributed by atoms with van der Waals surface area (Å²) in [7, 11) is 0. The maximum atomic E-state index is 8.86. The first-order chi connectivity index (χ1) is 7.81. The maximum Gasteiger partial charge on any atom is 0.183 e. The zero-order valence-electron chi connectivity index (χ0n) is 8.68. The fourth-order valence-corrected chi connectivity index (χ4v) is 1.23. The Balaban J connectivity index is 2.35. The minimum Gasteiger partial charge on any atom is -0.336 e. The number of aryl methyl sites for hydroxylation is 1. The van der Waals surface area contributed by atoms with Gasteiger partial charge in [-0.05, 0) is 18.6 Å². The number of nitrogens with one attached hydrogen (secondary N) is 1. The summed E-state index contributed by atoms with van der Waals surface area (Å²) in [6.07, 6.45) is 6.42. The van der Waals surface area contributed by atoms with Crippen LogP contribution in [0.4, 0.5) is 11.5 Å². The van der Waals surface area contributed by atoms with Gasteiger partial charge in [0, 0.05) is 18.6 Å². The lowest BCUT2D eigenvalue weighted by Gasteiger charge is -2.07. The Hall–Kier alpha value is -2.48. The first-order valence-corrected chi connectivity index (χ1v) is 4.70. The number of nitriles is 1. The lowest BCUT2D eigenvalue weighted by atomic mass is 10.2. The Morgan fingerprint density at radius 2 is 2.06 bits per heavy atom. The first kappa shape index (κ1) is 10.1. The van der Waals surface area contributed by atoms with E-state index in [0.29, 0.717) is 5.82 Å². The largest absolute Gasteiger partial charge is 0.336 e. The third-order valence-electron chi connectivity index (χ3n) is 2.10. The molecule has 5 nitrogen and oxygen atoms in total. The molecule has 2 aromatic rings. The minimum atomic E-state index is 0.269. The van der Waals surface area contributed by atoms with E-state index in [1.165, 1.54) is 12.4 Å². The predicted octanol–water partition coefficient (Wildman–Crippen LogP) is 1.80. The molecule has 2 heterocycles. The number of anilines is 2. The van der Waals surface area contributed by atoms with Gasteiger partial charge in [0.1, 0.15) is 6.07 Å². The fourth-order valence-electron chi connectivity index (χ4n) is 1.23. The third-order valence-corrected chi connectivity index (χ3v) is 2.10. The molecule has 0 amide bonds. The number of pyridine rings is 1. The summed E-state index contributed by atoms with van der Waals surface area (Å²) in [4.78, 5) is 12.0. The zero-order chi connectivity index (χ0) is 11.4. The van der Waals surface area contributed by atoms with Crippen LogP contribution in [0, 0.1) is 18.3 Å². The van der Waals surface area contributed by atoms with Crippen LogP contribution in [0.2, 0.25) is 0 Å². The standard InChI is InChI=1S/C11H9N5/c1-8-2-3-13-7-10(8)16-11-9(6-12)14-4-5-15-11/h2-5,7H,1H3,(H,15,16). The highest BCUT2D eigenvalue weighted by molar-refractivity contribution is 5.62. The van der Waals surface area contributed by atoms with Gasteiger partial charge >= 0.3 is 0 Å². The molecule has 0 aliphatic carbocycles. The van der Waals surface area contributed by atoms with E-state index in [-0.39, 0.29) is 5.69 Å². The van der Waals surface area contributed by atoms with Crippen LogP contribution in [0.1, 0.15) is 11.3 Å². The molecule has 0 radical (unpaired) electrons. The van der Waals surface area contributed by atoms with Gasteiger partial charge in [-0.3, -0.25) is 4.98 Å². The van der Waals surface area contributed by atoms with E-state index in [1.807, 2.05) is 19.1 Å². The number of hydrogen-bond donors (Lipinski definition) is 1. The van der Waals surface area contributed by atoms with Crippen LogP contribution in [0.5, 0.6) is 0 Å². The molecular weight excluding hydrogens is 202 g/mol. The molecule has 78 valence electrons. The van der Waals surface area contributed by atoms with Crippen LogP contribution < -0.4 is 5.32 Å². The zero-order valence-corrected chi connectivity index (χ0v) is 8.68. The normalized spacial score (nSPS) is 9.50. The Kier molecular flexibility index (Phi) is 2.74. The number of hydrogen-bond acceptors (Lipinski definition) is 5. The fraction of sp³-hybridized carbons (Fsp3) is 0.0909. The highest BCUT2D eigenvalue weighted by atomic mass is 15.0. The molecule has 5 heteroatoms. The second-order valence-electron chi connectivity index (χ2n) is 3.18. The second-order valence-corrected chi connectivity index (χ2v) is 3.18. The van der Waals surface area contributed by atoms with Gasteiger partial charge in [-0.1, -0.05) is 0 Å². The average molecular weight is 211 g/mol. The summed E-state index contributed by atoms with van der Waals surface area (Å²) in [5.41, 5.74) is 2.12. The summed E-state index contributed by atoms with van der Waals surface area (Å²) in [5, 5.41) is 11.9. The molecule has 2 aromatic heterocycles. The van der Waals surface area contributed by atoms with Crippen LogP contribution in [0.3, 0.4) is 0 Å². The van der Waals surface area contributed by atoms with Crippen molar-refractivity contribution in [2.75, 3.05) is 5.32 Å². The smallest absolute Gasteiger partial charge is 0.183 e. The van der Waals surface area contributed by atoms with E-state index < -0.39 is 0 Å². The van der Waals surface area contributed by atoms with Crippen molar-refractivity contribution in [3.63, 3.8) is 0 Å². The Morgan fingerprint density at radius 3 is 2.81 bits per heavy atom. The van der Waals surface area contributed by atoms with Crippen molar-refractivity contribution in [1.29, 1.82) is 5.26 Å². The molecule has 0 aromatic carbocycles. The minimum absolute atomic E-state index is 0.269. The lowest BCUT2D eigenvalue weighted by Crippen LogP contribution is -2.00. The monoisotopic (exact) mass is 211 g/mol. The first-order valence-electron chi connectivity index (χ1n) is 4.70. The topological polar surface area (TPSA) is 74.5 Å². The summed E-state index contributed by atoms with van der Waals surface area (Å²) in [6.45, 7) is 1.95. The van der Waals surface area contributed by atoms with Gasteiger partial charge in [0.15, 0.2) is 11.5 Å². The molecule has 0 saturated heterocycles. The molecule has 1 N–H and O–H groups in total. The van der Waals surface area contributed by atoms with Crippen molar-refractivity contribution in [1.82, 2.24) is 15.0 Å². The lowest BCUT2D eigenvalue weighted by molar-refractivity contribution is 1.15. The molecule has 0 aliphatic rings. The van der Waals surface area contributed by atoms with Crippen LogP contribution in [0.25, 0.3) is 0 Å².